The van der Waals surface area contributed by atoms with Gasteiger partial charge in [-0.15, -0.1) is 10.2 Å². The van der Waals surface area contributed by atoms with Crippen LogP contribution in [0.2, 0.25) is 0 Å². The van der Waals surface area contributed by atoms with Crippen LogP contribution < -0.4 is 0 Å². The van der Waals surface area contributed by atoms with Crippen molar-refractivity contribution in [1.82, 2.24) is 24.6 Å². The molecule has 0 N–H and O–H groups in total. The molecule has 0 bridgehead atoms. The highest BCUT2D eigenvalue weighted by atomic mass is 32.2. The van der Waals surface area contributed by atoms with Crippen LogP contribution in [0.1, 0.15) is 43.6 Å². The minimum absolute atomic E-state index is 0.0339. The summed E-state index contributed by atoms with van der Waals surface area (Å²) in [7, 11) is 1.66. The van der Waals surface area contributed by atoms with Gasteiger partial charge in [-0.2, -0.15) is 0 Å². The molecule has 1 aromatic heterocycles. The Bertz CT molecular complexity index is 1110. The number of nitrogens with zero attached hydrogens (tertiary/aromatic N) is 5. The van der Waals surface area contributed by atoms with Gasteiger partial charge in [0.05, 0.1) is 11.8 Å². The average Bonchev–Trinajstić information content (AvgIpc) is 3.28. The van der Waals surface area contributed by atoms with E-state index >= 15 is 0 Å². The molecule has 0 spiro atoms. The van der Waals surface area contributed by atoms with Gasteiger partial charge >= 0.3 is 0 Å². The van der Waals surface area contributed by atoms with Gasteiger partial charge in [-0.1, -0.05) is 36.4 Å². The lowest BCUT2D eigenvalue weighted by atomic mass is 10.1. The van der Waals surface area contributed by atoms with Gasteiger partial charge in [0, 0.05) is 24.8 Å². The predicted octanol–water partition coefficient (Wildman–Crippen LogP) is 4.84. The molecule has 2 aromatic carbocycles. The van der Waals surface area contributed by atoms with E-state index in [0.717, 1.165) is 37.4 Å². The lowest BCUT2D eigenvalue weighted by molar-refractivity contribution is -0.127. The highest BCUT2D eigenvalue weighted by Gasteiger charge is 2.26. The van der Waals surface area contributed by atoms with Gasteiger partial charge in [-0.05, 0) is 63.2 Å². The van der Waals surface area contributed by atoms with E-state index in [1.54, 1.807) is 37.4 Å². The SMILES string of the molecule is C[C@H](c1nnc(SCC(=O)N(C)Cc2ccccc2F)n1-c1ccc(F)cc1)N1CCCCC1. The summed E-state index contributed by atoms with van der Waals surface area (Å²) in [4.78, 5) is 16.7. The number of halogens is 2. The minimum Gasteiger partial charge on any atom is -0.341 e. The van der Waals surface area contributed by atoms with Crippen LogP contribution in [0, 0.1) is 11.6 Å². The van der Waals surface area contributed by atoms with Crippen molar-refractivity contribution < 1.29 is 13.6 Å². The number of hydrogen-bond acceptors (Lipinski definition) is 5. The van der Waals surface area contributed by atoms with E-state index in [2.05, 4.69) is 22.0 Å². The number of amides is 1. The number of benzene rings is 2. The van der Waals surface area contributed by atoms with Gasteiger partial charge in [-0.3, -0.25) is 14.3 Å². The number of hydrogen-bond donors (Lipinski definition) is 0. The zero-order chi connectivity index (χ0) is 24.1. The molecule has 4 rings (SSSR count). The average molecular weight is 486 g/mol. The van der Waals surface area contributed by atoms with Crippen LogP contribution in [0.25, 0.3) is 5.69 Å². The highest BCUT2D eigenvalue weighted by molar-refractivity contribution is 7.99. The zero-order valence-electron chi connectivity index (χ0n) is 19.5. The van der Waals surface area contributed by atoms with E-state index in [-0.39, 0.29) is 35.9 Å². The van der Waals surface area contributed by atoms with Crippen molar-refractivity contribution in [3.63, 3.8) is 0 Å². The number of carbonyl (C=O) groups is 1. The second kappa shape index (κ2) is 11.1. The van der Waals surface area contributed by atoms with Crippen molar-refractivity contribution in [3.8, 4) is 5.69 Å². The summed E-state index contributed by atoms with van der Waals surface area (Å²) in [5, 5.41) is 9.43. The smallest absolute Gasteiger partial charge is 0.233 e. The summed E-state index contributed by atoms with van der Waals surface area (Å²) < 4.78 is 29.5. The number of aromatic nitrogens is 3. The van der Waals surface area contributed by atoms with E-state index < -0.39 is 0 Å². The van der Waals surface area contributed by atoms with Gasteiger partial charge in [0.2, 0.25) is 5.91 Å². The maximum atomic E-state index is 14.0. The molecule has 1 atom stereocenters. The molecule has 180 valence electrons. The first-order valence-electron chi connectivity index (χ1n) is 11.5. The molecule has 1 fully saturated rings. The first-order chi connectivity index (χ1) is 16.4. The Morgan fingerprint density at radius 1 is 1.06 bits per heavy atom. The van der Waals surface area contributed by atoms with Crippen molar-refractivity contribution in [3.05, 3.63) is 71.6 Å². The summed E-state index contributed by atoms with van der Waals surface area (Å²) in [6.45, 7) is 4.30. The Morgan fingerprint density at radius 2 is 1.76 bits per heavy atom. The molecule has 0 aliphatic carbocycles. The van der Waals surface area contributed by atoms with E-state index in [9.17, 15) is 13.6 Å². The number of carbonyl (C=O) groups excluding carboxylic acids is 1. The van der Waals surface area contributed by atoms with Crippen LogP contribution in [-0.2, 0) is 11.3 Å². The van der Waals surface area contributed by atoms with Crippen LogP contribution in [-0.4, -0.2) is 56.4 Å². The van der Waals surface area contributed by atoms with Crippen molar-refractivity contribution in [1.29, 1.82) is 0 Å². The van der Waals surface area contributed by atoms with Crippen LogP contribution in [0.4, 0.5) is 8.78 Å². The first kappa shape index (κ1) is 24.3. The van der Waals surface area contributed by atoms with Crippen LogP contribution in [0.5, 0.6) is 0 Å². The fourth-order valence-electron chi connectivity index (χ4n) is 4.15. The third-order valence-corrected chi connectivity index (χ3v) is 7.08. The second-order valence-electron chi connectivity index (χ2n) is 8.56. The lowest BCUT2D eigenvalue weighted by Crippen LogP contribution is -2.33. The molecular weight excluding hydrogens is 456 g/mol. The van der Waals surface area contributed by atoms with Crippen molar-refractivity contribution in [2.24, 2.45) is 0 Å². The fourth-order valence-corrected chi connectivity index (χ4v) is 5.05. The second-order valence-corrected chi connectivity index (χ2v) is 9.50. The van der Waals surface area contributed by atoms with Gasteiger partial charge in [0.25, 0.3) is 0 Å². The quantitative estimate of drug-likeness (QED) is 0.427. The summed E-state index contributed by atoms with van der Waals surface area (Å²) in [6.07, 6.45) is 3.54. The Kier molecular flexibility index (Phi) is 7.95. The minimum atomic E-state index is -0.331. The van der Waals surface area contributed by atoms with Gasteiger partial charge in [0.15, 0.2) is 11.0 Å². The molecular formula is C25H29F2N5OS. The number of piperidine rings is 1. The fraction of sp³-hybridized carbons (Fsp3) is 0.400. The van der Waals surface area contributed by atoms with Crippen LogP contribution in [0.15, 0.2) is 53.7 Å². The number of thioether (sulfide) groups is 1. The van der Waals surface area contributed by atoms with E-state index in [1.165, 1.54) is 41.3 Å². The standard InChI is InChI=1S/C25H29F2N5OS/c1-18(31-14-6-3-7-15-31)24-28-29-25(32(24)21-12-10-20(26)11-13-21)34-17-23(33)30(2)16-19-8-4-5-9-22(19)27/h4-5,8-13,18H,3,6-7,14-17H2,1-2H3/t18-/m1/s1. The maximum Gasteiger partial charge on any atom is 0.233 e. The Labute approximate surface area is 203 Å². The molecule has 0 radical (unpaired) electrons. The molecule has 0 saturated carbocycles. The third kappa shape index (κ3) is 5.64. The highest BCUT2D eigenvalue weighted by Crippen LogP contribution is 2.29. The molecule has 6 nitrogen and oxygen atoms in total. The van der Waals surface area contributed by atoms with E-state index in [1.807, 2.05) is 4.57 Å². The summed E-state index contributed by atoms with van der Waals surface area (Å²) in [6, 6.07) is 12.7. The van der Waals surface area contributed by atoms with Crippen LogP contribution in [0.3, 0.4) is 0 Å². The molecule has 1 aliphatic heterocycles. The van der Waals surface area contributed by atoms with E-state index in [4.69, 9.17) is 0 Å². The predicted molar refractivity (Wildman–Crippen MR) is 129 cm³/mol. The zero-order valence-corrected chi connectivity index (χ0v) is 20.3. The van der Waals surface area contributed by atoms with Crippen LogP contribution >= 0.6 is 11.8 Å². The molecule has 0 unspecified atom stereocenters. The van der Waals surface area contributed by atoms with Crippen molar-refractivity contribution in [2.45, 2.75) is 43.9 Å². The number of likely N-dealkylation sites (tertiary alicyclic amines) is 1. The van der Waals surface area contributed by atoms with Gasteiger partial charge in [-0.25, -0.2) is 8.78 Å². The monoisotopic (exact) mass is 485 g/mol. The molecule has 34 heavy (non-hydrogen) atoms. The largest absolute Gasteiger partial charge is 0.341 e. The topological polar surface area (TPSA) is 54.3 Å². The van der Waals surface area contributed by atoms with Crippen molar-refractivity contribution >= 4 is 17.7 Å². The summed E-state index contributed by atoms with van der Waals surface area (Å²) in [5.74, 6) is 0.0991. The Hall–Kier alpha value is -2.78. The first-order valence-corrected chi connectivity index (χ1v) is 12.5. The van der Waals surface area contributed by atoms with Gasteiger partial charge < -0.3 is 4.90 Å². The molecule has 3 aromatic rings. The summed E-state index contributed by atoms with van der Waals surface area (Å²) in [5.41, 5.74) is 1.22. The van der Waals surface area contributed by atoms with Crippen molar-refractivity contribution in [2.75, 3.05) is 25.9 Å². The molecule has 2 heterocycles. The lowest BCUT2D eigenvalue weighted by Gasteiger charge is -2.31. The summed E-state index contributed by atoms with van der Waals surface area (Å²) >= 11 is 1.27. The van der Waals surface area contributed by atoms with Gasteiger partial charge in [0.1, 0.15) is 11.6 Å². The third-order valence-electron chi connectivity index (χ3n) is 6.17. The maximum absolute atomic E-state index is 14.0. The van der Waals surface area contributed by atoms with E-state index in [0.29, 0.717) is 10.7 Å². The Balaban J connectivity index is 1.52. The number of rotatable bonds is 8. The molecule has 9 heteroatoms. The molecule has 1 saturated heterocycles. The Morgan fingerprint density at radius 3 is 2.47 bits per heavy atom. The normalized spacial score (nSPS) is 15.3. The molecule has 1 aliphatic rings. The molecule has 1 amide bonds.